The van der Waals surface area contributed by atoms with Gasteiger partial charge in [0.1, 0.15) is 4.99 Å². The molecule has 0 bridgehead atoms. The average Bonchev–Trinajstić information content (AvgIpc) is 2.62. The largest absolute Gasteiger partial charge is 0.368 e. The van der Waals surface area contributed by atoms with Gasteiger partial charge in [-0.15, -0.1) is 0 Å². The van der Waals surface area contributed by atoms with E-state index in [0.29, 0.717) is 0 Å². The predicted molar refractivity (Wildman–Crippen MR) is 99.8 cm³/mol. The quantitative estimate of drug-likeness (QED) is 0.486. The van der Waals surface area contributed by atoms with Crippen molar-refractivity contribution in [3.63, 3.8) is 0 Å². The second kappa shape index (κ2) is 6.97. The van der Waals surface area contributed by atoms with E-state index in [-0.39, 0.29) is 5.69 Å². The molecule has 1 aliphatic heterocycles. The predicted octanol–water partition coefficient (Wildman–Crippen LogP) is 3.40. The van der Waals surface area contributed by atoms with Crippen LogP contribution in [-0.2, 0) is 0 Å². The Morgan fingerprint density at radius 1 is 1.04 bits per heavy atom. The summed E-state index contributed by atoms with van der Waals surface area (Å²) in [6, 6.07) is 14.9. The first kappa shape index (κ1) is 16.4. The zero-order chi connectivity index (χ0) is 17.1. The minimum Gasteiger partial charge on any atom is -0.368 e. The molecule has 0 N–H and O–H groups in total. The lowest BCUT2D eigenvalue weighted by Crippen LogP contribution is -2.48. The summed E-state index contributed by atoms with van der Waals surface area (Å²) in [5, 5.41) is 10.7. The highest BCUT2D eigenvalue weighted by Crippen LogP contribution is 2.22. The van der Waals surface area contributed by atoms with E-state index >= 15 is 0 Å². The first-order chi connectivity index (χ1) is 11.6. The molecule has 5 nitrogen and oxygen atoms in total. The SMILES string of the molecule is Cc1ccccc1N1CCN(C(=S)c2ccc([N+](=O)[O-])cc2)CC1. The van der Waals surface area contributed by atoms with E-state index in [0.717, 1.165) is 36.7 Å². The summed E-state index contributed by atoms with van der Waals surface area (Å²) in [4.78, 5) is 15.7. The molecule has 2 aromatic carbocycles. The highest BCUT2D eigenvalue weighted by Gasteiger charge is 2.21. The molecule has 3 rings (SSSR count). The maximum absolute atomic E-state index is 10.7. The van der Waals surface area contributed by atoms with Gasteiger partial charge in [-0.1, -0.05) is 30.4 Å². The number of aryl methyl sites for hydroxylation is 1. The van der Waals surface area contributed by atoms with Crippen LogP contribution in [0.1, 0.15) is 11.1 Å². The van der Waals surface area contributed by atoms with E-state index in [1.54, 1.807) is 12.1 Å². The van der Waals surface area contributed by atoms with Crippen molar-refractivity contribution in [3.05, 3.63) is 69.8 Å². The minimum absolute atomic E-state index is 0.0888. The molecule has 0 aromatic heterocycles. The van der Waals surface area contributed by atoms with Gasteiger partial charge in [0, 0.05) is 49.6 Å². The Labute approximate surface area is 146 Å². The van der Waals surface area contributed by atoms with Crippen molar-refractivity contribution in [1.29, 1.82) is 0 Å². The summed E-state index contributed by atoms with van der Waals surface area (Å²) in [5.41, 5.74) is 3.51. The normalized spacial score (nSPS) is 14.5. The lowest BCUT2D eigenvalue weighted by Gasteiger charge is -2.38. The number of nitro benzene ring substituents is 1. The smallest absolute Gasteiger partial charge is 0.269 e. The Morgan fingerprint density at radius 2 is 1.67 bits per heavy atom. The number of para-hydroxylation sites is 1. The summed E-state index contributed by atoms with van der Waals surface area (Å²) >= 11 is 5.57. The molecule has 0 amide bonds. The number of rotatable bonds is 3. The van der Waals surface area contributed by atoms with Crippen molar-refractivity contribution >= 4 is 28.6 Å². The fourth-order valence-corrected chi connectivity index (χ4v) is 3.30. The summed E-state index contributed by atoms with van der Waals surface area (Å²) in [7, 11) is 0. The molecule has 0 atom stereocenters. The fraction of sp³-hybridized carbons (Fsp3) is 0.278. The molecule has 1 aliphatic rings. The summed E-state index contributed by atoms with van der Waals surface area (Å²) in [6.45, 7) is 5.66. The van der Waals surface area contributed by atoms with Crippen molar-refractivity contribution in [1.82, 2.24) is 4.90 Å². The first-order valence-corrected chi connectivity index (χ1v) is 8.31. The standard InChI is InChI=1S/C18H19N3O2S/c1-14-4-2-3-5-17(14)19-10-12-20(13-11-19)18(24)15-6-8-16(9-7-15)21(22)23/h2-9H,10-13H2,1H3. The topological polar surface area (TPSA) is 49.6 Å². The molecule has 1 fully saturated rings. The third kappa shape index (κ3) is 3.38. The van der Waals surface area contributed by atoms with Gasteiger partial charge >= 0.3 is 0 Å². The van der Waals surface area contributed by atoms with Crippen molar-refractivity contribution in [3.8, 4) is 0 Å². The van der Waals surface area contributed by atoms with E-state index in [9.17, 15) is 10.1 Å². The number of piperazine rings is 1. The van der Waals surface area contributed by atoms with Crippen LogP contribution in [0.2, 0.25) is 0 Å². The third-order valence-electron chi connectivity index (χ3n) is 4.35. The van der Waals surface area contributed by atoms with E-state index in [1.165, 1.54) is 23.4 Å². The first-order valence-electron chi connectivity index (χ1n) is 7.90. The van der Waals surface area contributed by atoms with Crippen LogP contribution in [0.4, 0.5) is 11.4 Å². The molecule has 0 unspecified atom stereocenters. The average molecular weight is 341 g/mol. The van der Waals surface area contributed by atoms with Crippen molar-refractivity contribution in [2.45, 2.75) is 6.92 Å². The monoisotopic (exact) mass is 341 g/mol. The number of nitro groups is 1. The minimum atomic E-state index is -0.395. The van der Waals surface area contributed by atoms with Gasteiger partial charge in [-0.25, -0.2) is 0 Å². The van der Waals surface area contributed by atoms with Gasteiger partial charge in [0.25, 0.3) is 5.69 Å². The van der Waals surface area contributed by atoms with Crippen molar-refractivity contribution in [2.24, 2.45) is 0 Å². The van der Waals surface area contributed by atoms with Crippen LogP contribution in [0.15, 0.2) is 48.5 Å². The Bertz CT molecular complexity index is 753. The van der Waals surface area contributed by atoms with Crippen LogP contribution in [-0.4, -0.2) is 41.0 Å². The van der Waals surface area contributed by atoms with Gasteiger partial charge in [-0.2, -0.15) is 0 Å². The van der Waals surface area contributed by atoms with E-state index in [1.807, 2.05) is 0 Å². The molecule has 6 heteroatoms. The van der Waals surface area contributed by atoms with Crippen LogP contribution >= 0.6 is 12.2 Å². The molecule has 2 aromatic rings. The van der Waals surface area contributed by atoms with Crippen LogP contribution in [0, 0.1) is 17.0 Å². The number of hydrogen-bond acceptors (Lipinski definition) is 4. The highest BCUT2D eigenvalue weighted by molar-refractivity contribution is 7.80. The van der Waals surface area contributed by atoms with E-state index < -0.39 is 4.92 Å². The maximum Gasteiger partial charge on any atom is 0.269 e. The molecule has 1 saturated heterocycles. The molecule has 1 heterocycles. The number of non-ortho nitro benzene ring substituents is 1. The zero-order valence-corrected chi connectivity index (χ0v) is 14.3. The van der Waals surface area contributed by atoms with Crippen molar-refractivity contribution < 1.29 is 4.92 Å². The van der Waals surface area contributed by atoms with Gasteiger partial charge in [0.2, 0.25) is 0 Å². The molecular weight excluding hydrogens is 322 g/mol. The summed E-state index contributed by atoms with van der Waals surface area (Å²) in [6.07, 6.45) is 0. The molecule has 0 radical (unpaired) electrons. The molecular formula is C18H19N3O2S. The number of thiocarbonyl (C=S) groups is 1. The second-order valence-electron chi connectivity index (χ2n) is 5.87. The van der Waals surface area contributed by atoms with Crippen molar-refractivity contribution in [2.75, 3.05) is 31.1 Å². The molecule has 0 spiro atoms. The molecule has 0 aliphatic carbocycles. The number of hydrogen-bond donors (Lipinski definition) is 0. The lowest BCUT2D eigenvalue weighted by atomic mass is 10.1. The second-order valence-corrected chi connectivity index (χ2v) is 6.26. The highest BCUT2D eigenvalue weighted by atomic mass is 32.1. The number of nitrogens with zero attached hydrogens (tertiary/aromatic N) is 3. The summed E-state index contributed by atoms with van der Waals surface area (Å²) < 4.78 is 0. The van der Waals surface area contributed by atoms with E-state index in [4.69, 9.17) is 12.2 Å². The van der Waals surface area contributed by atoms with Gasteiger partial charge in [-0.05, 0) is 30.7 Å². The Morgan fingerprint density at radius 3 is 2.25 bits per heavy atom. The van der Waals surface area contributed by atoms with Gasteiger partial charge in [-0.3, -0.25) is 10.1 Å². The number of benzene rings is 2. The Kier molecular flexibility index (Phi) is 4.76. The molecule has 124 valence electrons. The van der Waals surface area contributed by atoms with Gasteiger partial charge < -0.3 is 9.80 Å². The van der Waals surface area contributed by atoms with Gasteiger partial charge in [0.15, 0.2) is 0 Å². The molecule has 0 saturated carbocycles. The summed E-state index contributed by atoms with van der Waals surface area (Å²) in [5.74, 6) is 0. The maximum atomic E-state index is 10.7. The van der Waals surface area contributed by atoms with Crippen LogP contribution in [0.5, 0.6) is 0 Å². The third-order valence-corrected chi connectivity index (χ3v) is 4.84. The zero-order valence-electron chi connectivity index (χ0n) is 13.5. The lowest BCUT2D eigenvalue weighted by molar-refractivity contribution is -0.384. The fourth-order valence-electron chi connectivity index (χ4n) is 2.98. The van der Waals surface area contributed by atoms with Gasteiger partial charge in [0.05, 0.1) is 4.92 Å². The van der Waals surface area contributed by atoms with Crippen LogP contribution in [0.25, 0.3) is 0 Å². The van der Waals surface area contributed by atoms with Crippen LogP contribution in [0.3, 0.4) is 0 Å². The van der Waals surface area contributed by atoms with Crippen LogP contribution < -0.4 is 4.90 Å². The Hall–Kier alpha value is -2.47. The number of anilines is 1. The van der Waals surface area contributed by atoms with E-state index in [2.05, 4.69) is 41.0 Å². The molecule has 24 heavy (non-hydrogen) atoms. The Balaban J connectivity index is 1.65.